The van der Waals surface area contributed by atoms with Gasteiger partial charge in [0.15, 0.2) is 0 Å². The molecule has 27 heavy (non-hydrogen) atoms. The second-order valence-corrected chi connectivity index (χ2v) is 15.9. The Kier molecular flexibility index (Phi) is 12.0. The van der Waals surface area contributed by atoms with Crippen LogP contribution in [0.25, 0.3) is 0 Å². The summed E-state index contributed by atoms with van der Waals surface area (Å²) in [6, 6.07) is 17.1. The maximum atomic E-state index is 2.49. The molecule has 2 aromatic carbocycles. The molecule has 0 saturated carbocycles. The van der Waals surface area contributed by atoms with Crippen LogP contribution in [0.3, 0.4) is 0 Å². The molecule has 0 aliphatic heterocycles. The minimum Gasteiger partial charge on any atom is -0.748 e. The van der Waals surface area contributed by atoms with Crippen molar-refractivity contribution in [3.05, 3.63) is 54.1 Å². The molecule has 0 aliphatic carbocycles. The third-order valence-electron chi connectivity index (χ3n) is 4.77. The first kappa shape index (κ1) is 27.1. The average molecular weight is 446 g/mol. The van der Waals surface area contributed by atoms with E-state index in [-0.39, 0.29) is 32.9 Å². The van der Waals surface area contributed by atoms with Crippen molar-refractivity contribution in [1.82, 2.24) is 0 Å². The van der Waals surface area contributed by atoms with E-state index in [0.29, 0.717) is 16.0 Å². The summed E-state index contributed by atoms with van der Waals surface area (Å²) in [7, 11) is -0.0488. The molecule has 1 atom stereocenters. The largest absolute Gasteiger partial charge is 0.748 e. The van der Waals surface area contributed by atoms with Crippen molar-refractivity contribution in [3.8, 4) is 0 Å². The van der Waals surface area contributed by atoms with Gasteiger partial charge in [0.2, 0.25) is 0 Å². The van der Waals surface area contributed by atoms with Crippen molar-refractivity contribution in [2.24, 2.45) is 0 Å². The molecule has 0 N–H and O–H groups in total. The Morgan fingerprint density at radius 1 is 0.889 bits per heavy atom. The van der Waals surface area contributed by atoms with Gasteiger partial charge in [0.05, 0.1) is 0 Å². The zero-order valence-corrected chi connectivity index (χ0v) is 21.8. The Labute approximate surface area is 182 Å². The summed E-state index contributed by atoms with van der Waals surface area (Å²) in [5.74, 6) is 0. The number of hydrogen-bond donors (Lipinski definition) is 0. The van der Waals surface area contributed by atoms with Crippen molar-refractivity contribution in [2.45, 2.75) is 78.3 Å². The zero-order valence-electron chi connectivity index (χ0n) is 18.9. The van der Waals surface area contributed by atoms with E-state index >= 15 is 0 Å². The third-order valence-corrected chi connectivity index (χ3v) is 11.3. The molecule has 0 aromatic heterocycles. The Bertz CT molecular complexity index is 564. The van der Waals surface area contributed by atoms with Gasteiger partial charge in [-0.25, -0.2) is 12.1 Å². The van der Waals surface area contributed by atoms with Crippen molar-refractivity contribution < 1.29 is 17.1 Å². The van der Waals surface area contributed by atoms with Crippen LogP contribution >= 0.6 is 15.8 Å². The van der Waals surface area contributed by atoms with Crippen molar-refractivity contribution >= 4 is 21.1 Å². The van der Waals surface area contributed by atoms with Gasteiger partial charge >= 0.3 is 0 Å². The maximum absolute atomic E-state index is 2.49. The van der Waals surface area contributed by atoms with E-state index in [9.17, 15) is 0 Å². The van der Waals surface area contributed by atoms with Crippen LogP contribution in [0, 0.1) is 0 Å². The average Bonchev–Trinajstić information content (AvgIpc) is 3.20. The van der Waals surface area contributed by atoms with Gasteiger partial charge in [-0.3, -0.25) is 0 Å². The van der Waals surface area contributed by atoms with Crippen molar-refractivity contribution in [3.63, 3.8) is 0 Å². The van der Waals surface area contributed by atoms with Crippen LogP contribution in [0.4, 0.5) is 0 Å². The third kappa shape index (κ3) is 8.15. The van der Waals surface area contributed by atoms with E-state index in [2.05, 4.69) is 80.5 Å². The molecule has 160 valence electrons. The molecule has 0 saturated heterocycles. The monoisotopic (exact) mass is 446 g/mol. The first-order valence-electron chi connectivity index (χ1n) is 10.0. The molecule has 0 amide bonds. The molecule has 0 fully saturated rings. The summed E-state index contributed by atoms with van der Waals surface area (Å²) >= 11 is 0. The smallest absolute Gasteiger partial charge is 0 e. The molecule has 3 heteroatoms. The second-order valence-electron chi connectivity index (χ2n) is 8.89. The fourth-order valence-electron chi connectivity index (χ4n) is 4.26. The molecule has 0 bridgehead atoms. The van der Waals surface area contributed by atoms with E-state index in [1.165, 1.54) is 12.3 Å². The minimum absolute atomic E-state index is 0. The molecule has 1 unspecified atom stereocenters. The predicted molar refractivity (Wildman–Crippen MR) is 127 cm³/mol. The van der Waals surface area contributed by atoms with Crippen LogP contribution in [0.2, 0.25) is 0 Å². The topological polar surface area (TPSA) is 0 Å². The molecule has 0 radical (unpaired) electrons. The molecular weight excluding hydrogens is 406 g/mol. The Morgan fingerprint density at radius 3 is 1.63 bits per heavy atom. The van der Waals surface area contributed by atoms with Crippen LogP contribution in [0.1, 0.15) is 73.5 Å². The van der Waals surface area contributed by atoms with Gasteiger partial charge in [-0.15, -0.1) is 13.2 Å². The number of rotatable bonds is 5. The Morgan fingerprint density at radius 2 is 1.30 bits per heavy atom. The summed E-state index contributed by atoms with van der Waals surface area (Å²) in [5.41, 5.74) is 2.34. The van der Waals surface area contributed by atoms with Gasteiger partial charge in [0, 0.05) is 17.1 Å². The summed E-state index contributed by atoms with van der Waals surface area (Å²) in [5, 5.41) is 2.47. The van der Waals surface area contributed by atoms with Gasteiger partial charge in [0.25, 0.3) is 0 Å². The van der Waals surface area contributed by atoms with E-state index in [0.717, 1.165) is 0 Å². The first-order chi connectivity index (χ1) is 12.0. The van der Waals surface area contributed by atoms with Crippen LogP contribution in [0.5, 0.6) is 0 Å². The summed E-state index contributed by atoms with van der Waals surface area (Å²) in [6.07, 6.45) is 2.64. The Hall–Kier alpha value is 0.0795. The fourth-order valence-corrected chi connectivity index (χ4v) is 11.3. The fraction of sp³-hybridized carbons (Fsp3) is 0.583. The molecule has 0 nitrogen and oxygen atoms in total. The number of hydrogen-bond acceptors (Lipinski definition) is 0. The van der Waals surface area contributed by atoms with Crippen LogP contribution < -0.4 is 5.30 Å². The summed E-state index contributed by atoms with van der Waals surface area (Å²) < 4.78 is 0. The van der Waals surface area contributed by atoms with E-state index in [1.807, 2.05) is 30.3 Å². The molecule has 2 aromatic rings. The van der Waals surface area contributed by atoms with Crippen LogP contribution in [-0.2, 0) is 17.1 Å². The van der Waals surface area contributed by atoms with Gasteiger partial charge in [0.1, 0.15) is 0 Å². The van der Waals surface area contributed by atoms with Gasteiger partial charge in [-0.2, -0.15) is 11.6 Å². The normalized spacial score (nSPS) is 13.1. The maximum Gasteiger partial charge on any atom is 0 e. The van der Waals surface area contributed by atoms with E-state index in [1.54, 1.807) is 10.9 Å². The molecule has 0 heterocycles. The second kappa shape index (κ2) is 11.9. The zero-order chi connectivity index (χ0) is 20.0. The molecule has 0 aliphatic rings. The Balaban J connectivity index is 0.000000969. The van der Waals surface area contributed by atoms with E-state index in [4.69, 9.17) is 0 Å². The van der Waals surface area contributed by atoms with Gasteiger partial charge < -0.3 is 30.3 Å². The van der Waals surface area contributed by atoms with Gasteiger partial charge in [-0.1, -0.05) is 70.2 Å². The van der Waals surface area contributed by atoms with Gasteiger partial charge in [-0.05, 0) is 28.3 Å². The van der Waals surface area contributed by atoms with Crippen LogP contribution in [0.15, 0.2) is 48.5 Å². The quantitative estimate of drug-likeness (QED) is 0.247. The summed E-state index contributed by atoms with van der Waals surface area (Å²) in [4.78, 5) is 0. The molecule has 2 rings (SSSR count). The molecular formula is C24H40FeP2-6. The standard InChI is InChI=1S/C19H35P2.C5H5.Fe/c1-10-20(11-2)17-14-12-13-16(17)15(3)21(18(4,5)6)19(7,8)9;1-2-4-5-3-1;/h12-15H,10-11H2,1-9H3;1-5H;/q-1;-5;. The SMILES string of the molecule is CCP(CC)[c-]1cccc1C(C)P(C(C)(C)C)C(C)(C)C.[Fe].[cH-]1[cH-][cH-][cH-][cH-]1. The predicted octanol–water partition coefficient (Wildman–Crippen LogP) is 8.10. The first-order valence-corrected chi connectivity index (χ1v) is 13.1. The molecule has 0 spiro atoms. The van der Waals surface area contributed by atoms with E-state index < -0.39 is 0 Å². The minimum atomic E-state index is -0.0951. The summed E-state index contributed by atoms with van der Waals surface area (Å²) in [6.45, 7) is 21.8. The van der Waals surface area contributed by atoms with Crippen LogP contribution in [-0.4, -0.2) is 22.6 Å². The van der Waals surface area contributed by atoms with Crippen molar-refractivity contribution in [1.29, 1.82) is 0 Å². The van der Waals surface area contributed by atoms with Crippen molar-refractivity contribution in [2.75, 3.05) is 12.3 Å².